The lowest BCUT2D eigenvalue weighted by Crippen LogP contribution is -1.98. The number of benzene rings is 2. The van der Waals surface area contributed by atoms with Crippen molar-refractivity contribution in [1.82, 2.24) is 0 Å². The maximum absolute atomic E-state index is 10.8. The summed E-state index contributed by atoms with van der Waals surface area (Å²) in [6.07, 6.45) is 0.934. The minimum absolute atomic E-state index is 0.102. The van der Waals surface area contributed by atoms with Crippen LogP contribution in [0.3, 0.4) is 0 Å². The summed E-state index contributed by atoms with van der Waals surface area (Å²) in [4.78, 5) is 10.3. The number of nitro benzene ring substituents is 1. The zero-order valence-corrected chi connectivity index (χ0v) is 11.8. The molecule has 0 atom stereocenters. The Hall–Kier alpha value is -2.07. The van der Waals surface area contributed by atoms with Gasteiger partial charge in [0.25, 0.3) is 5.69 Å². The fraction of sp³-hybridized carbons (Fsp3) is 0.200. The predicted octanol–water partition coefficient (Wildman–Crippen LogP) is 4.39. The number of hydrogen-bond acceptors (Lipinski definition) is 3. The van der Waals surface area contributed by atoms with E-state index in [2.05, 4.69) is 6.92 Å². The van der Waals surface area contributed by atoms with Gasteiger partial charge in [-0.05, 0) is 35.7 Å². The van der Waals surface area contributed by atoms with Crippen LogP contribution < -0.4 is 4.74 Å². The molecule has 2 aromatic carbocycles. The lowest BCUT2D eigenvalue weighted by Gasteiger charge is -2.08. The van der Waals surface area contributed by atoms with Crippen molar-refractivity contribution in [1.29, 1.82) is 0 Å². The van der Waals surface area contributed by atoms with Gasteiger partial charge in [0.05, 0.1) is 4.92 Å². The van der Waals surface area contributed by atoms with E-state index in [4.69, 9.17) is 16.3 Å². The highest BCUT2D eigenvalue weighted by atomic mass is 35.5. The molecule has 0 fully saturated rings. The Balaban J connectivity index is 2.10. The smallest absolute Gasteiger partial charge is 0.288 e. The van der Waals surface area contributed by atoms with Crippen LogP contribution in [-0.4, -0.2) is 4.92 Å². The molecule has 0 aliphatic heterocycles. The maximum Gasteiger partial charge on any atom is 0.288 e. The summed E-state index contributed by atoms with van der Waals surface area (Å²) >= 11 is 5.77. The highest BCUT2D eigenvalue weighted by Gasteiger charge is 2.12. The average molecular weight is 292 g/mol. The quantitative estimate of drug-likeness (QED) is 0.606. The molecule has 2 rings (SSSR count). The average Bonchev–Trinajstić information content (AvgIpc) is 2.46. The molecule has 0 N–H and O–H groups in total. The first-order valence-corrected chi connectivity index (χ1v) is 6.62. The monoisotopic (exact) mass is 291 g/mol. The molecule has 0 aromatic heterocycles. The maximum atomic E-state index is 10.8. The number of nitrogens with zero attached hydrogens (tertiary/aromatic N) is 1. The van der Waals surface area contributed by atoms with Crippen molar-refractivity contribution < 1.29 is 9.66 Å². The van der Waals surface area contributed by atoms with Gasteiger partial charge in [0, 0.05) is 6.07 Å². The molecule has 0 radical (unpaired) electrons. The van der Waals surface area contributed by atoms with Crippen LogP contribution in [0.1, 0.15) is 18.1 Å². The molecule has 5 heteroatoms. The van der Waals surface area contributed by atoms with Crippen LogP contribution in [0.15, 0.2) is 42.5 Å². The van der Waals surface area contributed by atoms with Crippen LogP contribution in [0.5, 0.6) is 5.75 Å². The molecule has 4 nitrogen and oxygen atoms in total. The first-order valence-electron chi connectivity index (χ1n) is 6.24. The molecule has 104 valence electrons. The normalized spacial score (nSPS) is 10.3. The summed E-state index contributed by atoms with van der Waals surface area (Å²) < 4.78 is 5.64. The van der Waals surface area contributed by atoms with E-state index >= 15 is 0 Å². The van der Waals surface area contributed by atoms with Gasteiger partial charge in [-0.15, -0.1) is 0 Å². The van der Waals surface area contributed by atoms with Gasteiger partial charge < -0.3 is 4.74 Å². The van der Waals surface area contributed by atoms with E-state index in [1.807, 2.05) is 24.3 Å². The van der Waals surface area contributed by atoms with Gasteiger partial charge in [0.1, 0.15) is 17.4 Å². The second-order valence-corrected chi connectivity index (χ2v) is 4.74. The molecule has 0 aliphatic carbocycles. The van der Waals surface area contributed by atoms with E-state index in [1.165, 1.54) is 17.7 Å². The Morgan fingerprint density at radius 1 is 1.20 bits per heavy atom. The standard InChI is InChI=1S/C15H14ClNO3/c1-2-11-4-3-5-13(8-11)20-10-12-6-7-14(16)15(9-12)17(18)19/h3-9H,2,10H2,1H3. The van der Waals surface area contributed by atoms with E-state index in [9.17, 15) is 10.1 Å². The van der Waals surface area contributed by atoms with E-state index in [1.54, 1.807) is 6.07 Å². The van der Waals surface area contributed by atoms with E-state index in [0.717, 1.165) is 12.2 Å². The van der Waals surface area contributed by atoms with Gasteiger partial charge in [-0.1, -0.05) is 36.7 Å². The second kappa shape index (κ2) is 6.39. The van der Waals surface area contributed by atoms with E-state index in [0.29, 0.717) is 5.56 Å². The highest BCUT2D eigenvalue weighted by Crippen LogP contribution is 2.25. The molecule has 0 aliphatic rings. The number of aryl methyl sites for hydroxylation is 1. The summed E-state index contributed by atoms with van der Waals surface area (Å²) in [5.74, 6) is 0.752. The molecular weight excluding hydrogens is 278 g/mol. The molecule has 20 heavy (non-hydrogen) atoms. The third-order valence-electron chi connectivity index (χ3n) is 2.92. The molecule has 0 heterocycles. The lowest BCUT2D eigenvalue weighted by atomic mass is 10.1. The minimum Gasteiger partial charge on any atom is -0.489 e. The molecule has 0 bridgehead atoms. The van der Waals surface area contributed by atoms with Crippen molar-refractivity contribution in [3.8, 4) is 5.75 Å². The van der Waals surface area contributed by atoms with Gasteiger partial charge in [0.15, 0.2) is 0 Å². The van der Waals surface area contributed by atoms with Gasteiger partial charge in [-0.3, -0.25) is 10.1 Å². The molecule has 2 aromatic rings. The predicted molar refractivity (Wildman–Crippen MR) is 78.3 cm³/mol. The van der Waals surface area contributed by atoms with Gasteiger partial charge in [-0.25, -0.2) is 0 Å². The van der Waals surface area contributed by atoms with Crippen molar-refractivity contribution in [2.24, 2.45) is 0 Å². The summed E-state index contributed by atoms with van der Waals surface area (Å²) in [5.41, 5.74) is 1.79. The fourth-order valence-corrected chi connectivity index (χ4v) is 2.00. The summed E-state index contributed by atoms with van der Waals surface area (Å²) in [6.45, 7) is 2.34. The molecule has 0 saturated heterocycles. The van der Waals surface area contributed by atoms with E-state index < -0.39 is 4.92 Å². The third kappa shape index (κ3) is 3.48. The fourth-order valence-electron chi connectivity index (χ4n) is 1.81. The van der Waals surface area contributed by atoms with Crippen molar-refractivity contribution >= 4 is 17.3 Å². The largest absolute Gasteiger partial charge is 0.489 e. The summed E-state index contributed by atoms with van der Waals surface area (Å²) in [7, 11) is 0. The topological polar surface area (TPSA) is 52.4 Å². The number of hydrogen-bond donors (Lipinski definition) is 0. The van der Waals surface area contributed by atoms with Crippen LogP contribution in [0.25, 0.3) is 0 Å². The SMILES string of the molecule is CCc1cccc(OCc2ccc(Cl)c([N+](=O)[O-])c2)c1. The third-order valence-corrected chi connectivity index (χ3v) is 3.24. The Labute approximate surface area is 122 Å². The number of rotatable bonds is 5. The zero-order chi connectivity index (χ0) is 14.5. The Morgan fingerprint density at radius 3 is 2.70 bits per heavy atom. The molecule has 0 spiro atoms. The van der Waals surface area contributed by atoms with Crippen LogP contribution in [0, 0.1) is 10.1 Å². The summed E-state index contributed by atoms with van der Waals surface area (Å²) in [5, 5.41) is 10.9. The van der Waals surface area contributed by atoms with Crippen molar-refractivity contribution in [2.75, 3.05) is 0 Å². The first-order chi connectivity index (χ1) is 9.60. The van der Waals surface area contributed by atoms with Crippen molar-refractivity contribution in [2.45, 2.75) is 20.0 Å². The molecule has 0 amide bonds. The Morgan fingerprint density at radius 2 is 2.00 bits per heavy atom. The first kappa shape index (κ1) is 14.3. The van der Waals surface area contributed by atoms with Gasteiger partial charge in [-0.2, -0.15) is 0 Å². The zero-order valence-electron chi connectivity index (χ0n) is 11.0. The van der Waals surface area contributed by atoms with Gasteiger partial charge in [0.2, 0.25) is 0 Å². The summed E-state index contributed by atoms with van der Waals surface area (Å²) in [6, 6.07) is 12.5. The number of ether oxygens (including phenoxy) is 1. The Bertz CT molecular complexity index is 628. The van der Waals surface area contributed by atoms with Crippen molar-refractivity contribution in [3.63, 3.8) is 0 Å². The number of halogens is 1. The van der Waals surface area contributed by atoms with Crippen LogP contribution in [-0.2, 0) is 13.0 Å². The highest BCUT2D eigenvalue weighted by molar-refractivity contribution is 6.32. The minimum atomic E-state index is -0.496. The number of nitro groups is 1. The molecule has 0 unspecified atom stereocenters. The van der Waals surface area contributed by atoms with Crippen LogP contribution in [0.2, 0.25) is 5.02 Å². The Kier molecular flexibility index (Phi) is 4.58. The molecule has 0 saturated carbocycles. The van der Waals surface area contributed by atoms with Gasteiger partial charge >= 0.3 is 0 Å². The van der Waals surface area contributed by atoms with E-state index in [-0.39, 0.29) is 17.3 Å². The molecular formula is C15H14ClNO3. The van der Waals surface area contributed by atoms with Crippen LogP contribution >= 0.6 is 11.6 Å². The van der Waals surface area contributed by atoms with Crippen LogP contribution in [0.4, 0.5) is 5.69 Å². The lowest BCUT2D eigenvalue weighted by molar-refractivity contribution is -0.384. The van der Waals surface area contributed by atoms with Crippen molar-refractivity contribution in [3.05, 3.63) is 68.7 Å². The second-order valence-electron chi connectivity index (χ2n) is 4.33.